The number of rotatable bonds is 7. The van der Waals surface area contributed by atoms with Gasteiger partial charge < -0.3 is 0 Å². The standard InChI is InChI=1S/C17H17BrOS.C17H18OS/c1-11-4-6-14(7-5-11)20-15-8-12(2)17(13(3)9-15)16(19)10-18;1-11-5-7-15(8-6-11)19-16-9-12(2)17(14(4)18)13(3)10-16/h4-9H,10H2,1-3H3;5-10H,1-4H3. The van der Waals surface area contributed by atoms with Gasteiger partial charge in [0, 0.05) is 30.7 Å². The highest BCUT2D eigenvalue weighted by Crippen LogP contribution is 2.32. The fraction of sp³-hybridized carbons (Fsp3) is 0.235. The van der Waals surface area contributed by atoms with Crippen LogP contribution in [0.2, 0.25) is 0 Å². The molecule has 0 atom stereocenters. The number of Topliss-reactive ketones (excluding diaryl/α,β-unsaturated/α-hetero) is 2. The third-order valence-electron chi connectivity index (χ3n) is 6.28. The summed E-state index contributed by atoms with van der Waals surface area (Å²) in [4.78, 5) is 28.3. The summed E-state index contributed by atoms with van der Waals surface area (Å²) in [5.41, 5.74) is 8.43. The van der Waals surface area contributed by atoms with Gasteiger partial charge in [0.1, 0.15) is 0 Å². The van der Waals surface area contributed by atoms with Gasteiger partial charge in [0.15, 0.2) is 11.6 Å². The first-order valence-electron chi connectivity index (χ1n) is 12.8. The topological polar surface area (TPSA) is 34.1 Å². The number of halogens is 1. The lowest BCUT2D eigenvalue weighted by Crippen LogP contribution is -2.05. The summed E-state index contributed by atoms with van der Waals surface area (Å²) in [6.45, 7) is 13.8. The Kier molecular flexibility index (Phi) is 11.2. The van der Waals surface area contributed by atoms with Gasteiger partial charge in [-0.25, -0.2) is 0 Å². The zero-order valence-electron chi connectivity index (χ0n) is 23.6. The number of benzene rings is 4. The van der Waals surface area contributed by atoms with Crippen LogP contribution in [0.3, 0.4) is 0 Å². The molecule has 5 heteroatoms. The Morgan fingerprint density at radius 2 is 0.897 bits per heavy atom. The Hall–Kier alpha value is -2.60. The maximum Gasteiger partial charge on any atom is 0.173 e. The van der Waals surface area contributed by atoms with Crippen molar-refractivity contribution in [3.8, 4) is 0 Å². The molecule has 0 aromatic heterocycles. The van der Waals surface area contributed by atoms with Crippen LogP contribution in [0.15, 0.2) is 92.4 Å². The van der Waals surface area contributed by atoms with Gasteiger partial charge in [-0.15, -0.1) is 0 Å². The van der Waals surface area contributed by atoms with E-state index in [9.17, 15) is 9.59 Å². The Bertz CT molecular complexity index is 1430. The molecule has 39 heavy (non-hydrogen) atoms. The minimum atomic E-state index is 0.141. The molecule has 0 bridgehead atoms. The van der Waals surface area contributed by atoms with Crippen molar-refractivity contribution < 1.29 is 9.59 Å². The largest absolute Gasteiger partial charge is 0.294 e. The number of alkyl halides is 1. The maximum absolute atomic E-state index is 11.9. The summed E-state index contributed by atoms with van der Waals surface area (Å²) in [7, 11) is 0. The highest BCUT2D eigenvalue weighted by molar-refractivity contribution is 9.09. The molecule has 0 saturated heterocycles. The fourth-order valence-corrected chi connectivity index (χ4v) is 6.82. The highest BCUT2D eigenvalue weighted by Gasteiger charge is 2.13. The van der Waals surface area contributed by atoms with Crippen LogP contribution in [0.25, 0.3) is 0 Å². The van der Waals surface area contributed by atoms with Crippen LogP contribution in [-0.2, 0) is 0 Å². The molecule has 0 aliphatic rings. The maximum atomic E-state index is 11.9. The summed E-state index contributed by atoms with van der Waals surface area (Å²) in [6.07, 6.45) is 0. The van der Waals surface area contributed by atoms with Crippen molar-refractivity contribution in [3.05, 3.63) is 117 Å². The third-order valence-corrected chi connectivity index (χ3v) is 8.75. The number of hydrogen-bond acceptors (Lipinski definition) is 4. The summed E-state index contributed by atoms with van der Waals surface area (Å²) in [5.74, 6) is 0.286. The SMILES string of the molecule is CC(=O)c1c(C)cc(Sc2ccc(C)cc2)cc1C.Cc1ccc(Sc2cc(C)c(C(=O)CBr)c(C)c2)cc1. The average Bonchev–Trinajstić information content (AvgIpc) is 2.86. The highest BCUT2D eigenvalue weighted by atomic mass is 79.9. The number of carbonyl (C=O) groups excluding carboxylic acids is 2. The van der Waals surface area contributed by atoms with E-state index in [0.29, 0.717) is 5.33 Å². The summed E-state index contributed by atoms with van der Waals surface area (Å²) < 4.78 is 0. The van der Waals surface area contributed by atoms with Gasteiger partial charge in [-0.1, -0.05) is 74.8 Å². The minimum Gasteiger partial charge on any atom is -0.294 e. The Morgan fingerprint density at radius 3 is 1.21 bits per heavy atom. The number of hydrogen-bond donors (Lipinski definition) is 0. The van der Waals surface area contributed by atoms with E-state index in [4.69, 9.17) is 0 Å². The average molecular weight is 620 g/mol. The molecule has 0 unspecified atom stereocenters. The Morgan fingerprint density at radius 1 is 0.564 bits per heavy atom. The third kappa shape index (κ3) is 8.69. The second-order valence-corrected chi connectivity index (χ2v) is 12.7. The van der Waals surface area contributed by atoms with Gasteiger partial charge >= 0.3 is 0 Å². The molecule has 0 heterocycles. The monoisotopic (exact) mass is 618 g/mol. The molecule has 4 aromatic rings. The van der Waals surface area contributed by atoms with Crippen molar-refractivity contribution in [3.63, 3.8) is 0 Å². The van der Waals surface area contributed by atoms with Crippen LogP contribution < -0.4 is 0 Å². The molecule has 202 valence electrons. The van der Waals surface area contributed by atoms with E-state index in [0.717, 1.165) is 33.4 Å². The molecule has 0 aliphatic heterocycles. The molecule has 0 N–H and O–H groups in total. The van der Waals surface area contributed by atoms with Crippen molar-refractivity contribution in [2.45, 2.75) is 68.0 Å². The molecule has 2 nitrogen and oxygen atoms in total. The zero-order valence-corrected chi connectivity index (χ0v) is 26.9. The number of aryl methyl sites for hydroxylation is 6. The molecule has 4 aromatic carbocycles. The Balaban J connectivity index is 0.000000216. The van der Waals surface area contributed by atoms with Crippen molar-refractivity contribution in [2.75, 3.05) is 5.33 Å². The van der Waals surface area contributed by atoms with E-state index in [-0.39, 0.29) is 11.6 Å². The predicted molar refractivity (Wildman–Crippen MR) is 171 cm³/mol. The lowest BCUT2D eigenvalue weighted by molar-refractivity contribution is 0.101. The molecular weight excluding hydrogens is 584 g/mol. The van der Waals surface area contributed by atoms with E-state index in [1.54, 1.807) is 30.4 Å². The van der Waals surface area contributed by atoms with E-state index in [1.165, 1.54) is 30.7 Å². The van der Waals surface area contributed by atoms with Crippen molar-refractivity contribution in [2.24, 2.45) is 0 Å². The smallest absolute Gasteiger partial charge is 0.173 e. The molecule has 0 amide bonds. The van der Waals surface area contributed by atoms with Crippen molar-refractivity contribution in [1.82, 2.24) is 0 Å². The van der Waals surface area contributed by atoms with Crippen molar-refractivity contribution in [1.29, 1.82) is 0 Å². The molecule has 0 radical (unpaired) electrons. The zero-order chi connectivity index (χ0) is 28.7. The summed E-state index contributed by atoms with van der Waals surface area (Å²) in [5, 5.41) is 0.374. The van der Waals surface area contributed by atoms with Gasteiger partial charge in [0.2, 0.25) is 0 Å². The van der Waals surface area contributed by atoms with Gasteiger partial charge in [-0.3, -0.25) is 9.59 Å². The van der Waals surface area contributed by atoms with Crippen LogP contribution in [-0.4, -0.2) is 16.9 Å². The molecular formula is C34H35BrO2S2. The first-order chi connectivity index (χ1) is 18.5. The number of ketones is 2. The second-order valence-electron chi connectivity index (χ2n) is 9.81. The lowest BCUT2D eigenvalue weighted by atomic mass is 10.00. The Labute approximate surface area is 250 Å². The van der Waals surface area contributed by atoms with Crippen LogP contribution >= 0.6 is 39.5 Å². The van der Waals surface area contributed by atoms with Gasteiger partial charge in [0.05, 0.1) is 5.33 Å². The molecule has 0 aliphatic carbocycles. The molecule has 0 saturated carbocycles. The van der Waals surface area contributed by atoms with Crippen molar-refractivity contribution >= 4 is 51.0 Å². The summed E-state index contributed by atoms with van der Waals surface area (Å²) >= 11 is 6.71. The van der Waals surface area contributed by atoms with E-state index >= 15 is 0 Å². The second kappa shape index (κ2) is 14.2. The van der Waals surface area contributed by atoms with E-state index < -0.39 is 0 Å². The van der Waals surface area contributed by atoms with Gasteiger partial charge in [-0.05, 0) is 119 Å². The van der Waals surface area contributed by atoms with Crippen LogP contribution in [0.5, 0.6) is 0 Å². The van der Waals surface area contributed by atoms with Gasteiger partial charge in [0.25, 0.3) is 0 Å². The first-order valence-corrected chi connectivity index (χ1v) is 15.6. The molecule has 0 spiro atoms. The van der Waals surface area contributed by atoms with E-state index in [1.807, 2.05) is 27.7 Å². The molecule has 0 fully saturated rings. The quantitative estimate of drug-likeness (QED) is 0.152. The molecule has 4 rings (SSSR count). The van der Waals surface area contributed by atoms with Gasteiger partial charge in [-0.2, -0.15) is 0 Å². The number of carbonyl (C=O) groups is 2. The lowest BCUT2D eigenvalue weighted by Gasteiger charge is -2.11. The minimum absolute atomic E-state index is 0.141. The predicted octanol–water partition coefficient (Wildman–Crippen LogP) is 10.3. The van der Waals surface area contributed by atoms with Crippen LogP contribution in [0.1, 0.15) is 61.0 Å². The van der Waals surface area contributed by atoms with E-state index in [2.05, 4.69) is 103 Å². The fourth-order valence-electron chi connectivity index (χ4n) is 4.51. The first kappa shape index (κ1) is 30.9. The van der Waals surface area contributed by atoms with Crippen LogP contribution in [0, 0.1) is 41.5 Å². The normalized spacial score (nSPS) is 10.6. The summed E-state index contributed by atoms with van der Waals surface area (Å²) in [6, 6.07) is 25.3. The van der Waals surface area contributed by atoms with Crippen LogP contribution in [0.4, 0.5) is 0 Å².